The third kappa shape index (κ3) is 2.15. The predicted octanol–water partition coefficient (Wildman–Crippen LogP) is 2.27. The van der Waals surface area contributed by atoms with Crippen molar-refractivity contribution in [1.82, 2.24) is 24.1 Å². The first-order valence-corrected chi connectivity index (χ1v) is 7.87. The summed E-state index contributed by atoms with van der Waals surface area (Å²) in [5.41, 5.74) is 2.48. The molecule has 3 aromatic rings. The Morgan fingerprint density at radius 1 is 1.42 bits per heavy atom. The van der Waals surface area contributed by atoms with Gasteiger partial charge < -0.3 is 9.47 Å². The molecule has 3 aromatic heterocycles. The van der Waals surface area contributed by atoms with E-state index in [1.165, 1.54) is 10.7 Å². The van der Waals surface area contributed by atoms with Crippen molar-refractivity contribution in [2.75, 3.05) is 6.54 Å². The average Bonchev–Trinajstić information content (AvgIpc) is 3.18. The van der Waals surface area contributed by atoms with Gasteiger partial charge in [-0.3, -0.25) is 4.79 Å². The molecule has 0 aliphatic carbocycles. The van der Waals surface area contributed by atoms with Crippen LogP contribution in [0, 0.1) is 11.3 Å². The van der Waals surface area contributed by atoms with Gasteiger partial charge in [-0.25, -0.2) is 9.50 Å². The standard InChI is InChI=1S/C16H13ClN6O/c1-10-14-3-2-12(7-18)22(14)5-4-21(10)16(24)13-6-15-19-8-11(17)9-23(15)20-13/h2-3,6,8-10H,4-5H2,1H3. The van der Waals surface area contributed by atoms with Gasteiger partial charge in [0.2, 0.25) is 0 Å². The first-order chi connectivity index (χ1) is 11.6. The van der Waals surface area contributed by atoms with Gasteiger partial charge in [0.1, 0.15) is 11.8 Å². The van der Waals surface area contributed by atoms with Crippen molar-refractivity contribution in [2.24, 2.45) is 0 Å². The summed E-state index contributed by atoms with van der Waals surface area (Å²) < 4.78 is 3.46. The molecule has 1 aliphatic rings. The minimum absolute atomic E-state index is 0.130. The van der Waals surface area contributed by atoms with Gasteiger partial charge in [0.05, 0.1) is 17.3 Å². The van der Waals surface area contributed by atoms with Crippen LogP contribution in [0.4, 0.5) is 0 Å². The number of halogens is 1. The Bertz CT molecular complexity index is 998. The molecule has 120 valence electrons. The van der Waals surface area contributed by atoms with Gasteiger partial charge in [0, 0.05) is 31.0 Å². The second-order valence-electron chi connectivity index (χ2n) is 5.69. The first-order valence-electron chi connectivity index (χ1n) is 7.50. The highest BCUT2D eigenvalue weighted by Crippen LogP contribution is 2.28. The second kappa shape index (κ2) is 5.35. The van der Waals surface area contributed by atoms with Crippen LogP contribution in [0.5, 0.6) is 0 Å². The van der Waals surface area contributed by atoms with Crippen molar-refractivity contribution in [3.05, 3.63) is 52.7 Å². The fraction of sp³-hybridized carbons (Fsp3) is 0.250. The zero-order chi connectivity index (χ0) is 16.8. The Hall–Kier alpha value is -2.85. The van der Waals surface area contributed by atoms with E-state index in [-0.39, 0.29) is 11.9 Å². The van der Waals surface area contributed by atoms with Crippen LogP contribution < -0.4 is 0 Å². The predicted molar refractivity (Wildman–Crippen MR) is 86.6 cm³/mol. The zero-order valence-corrected chi connectivity index (χ0v) is 13.6. The lowest BCUT2D eigenvalue weighted by atomic mass is 10.1. The van der Waals surface area contributed by atoms with Gasteiger partial charge in [0.15, 0.2) is 11.3 Å². The number of hydrogen-bond acceptors (Lipinski definition) is 4. The van der Waals surface area contributed by atoms with Gasteiger partial charge in [0.25, 0.3) is 5.91 Å². The van der Waals surface area contributed by atoms with E-state index in [0.717, 1.165) is 5.69 Å². The second-order valence-corrected chi connectivity index (χ2v) is 6.12. The molecular weight excluding hydrogens is 328 g/mol. The van der Waals surface area contributed by atoms with Gasteiger partial charge in [-0.05, 0) is 19.1 Å². The van der Waals surface area contributed by atoms with Crippen LogP contribution in [0.2, 0.25) is 5.02 Å². The molecule has 0 N–H and O–H groups in total. The van der Waals surface area contributed by atoms with E-state index in [4.69, 9.17) is 16.9 Å². The average molecular weight is 341 g/mol. The summed E-state index contributed by atoms with van der Waals surface area (Å²) in [7, 11) is 0. The Balaban J connectivity index is 1.68. The van der Waals surface area contributed by atoms with Gasteiger partial charge in [-0.1, -0.05) is 11.6 Å². The summed E-state index contributed by atoms with van der Waals surface area (Å²) in [6.07, 6.45) is 3.14. The number of carbonyl (C=O) groups excluding carboxylic acids is 1. The summed E-state index contributed by atoms with van der Waals surface area (Å²) in [4.78, 5) is 18.8. The van der Waals surface area contributed by atoms with Crippen LogP contribution in [-0.2, 0) is 6.54 Å². The third-order valence-corrected chi connectivity index (χ3v) is 4.55. The van der Waals surface area contributed by atoms with Crippen molar-refractivity contribution in [3.8, 4) is 6.07 Å². The van der Waals surface area contributed by atoms with Crippen LogP contribution in [0.25, 0.3) is 5.65 Å². The van der Waals surface area contributed by atoms with E-state index >= 15 is 0 Å². The molecule has 4 rings (SSSR count). The normalized spacial score (nSPS) is 16.9. The number of rotatable bonds is 1. The molecule has 1 aliphatic heterocycles. The quantitative estimate of drug-likeness (QED) is 0.680. The third-order valence-electron chi connectivity index (χ3n) is 4.35. The van der Waals surface area contributed by atoms with Crippen molar-refractivity contribution in [3.63, 3.8) is 0 Å². The van der Waals surface area contributed by atoms with Crippen LogP contribution in [0.1, 0.15) is 34.8 Å². The molecule has 1 unspecified atom stereocenters. The summed E-state index contributed by atoms with van der Waals surface area (Å²) in [5.74, 6) is -0.157. The van der Waals surface area contributed by atoms with Gasteiger partial charge in [-0.15, -0.1) is 0 Å². The summed E-state index contributed by atoms with van der Waals surface area (Å²) in [5, 5.41) is 13.9. The molecule has 0 fully saturated rings. The Labute approximate surface area is 142 Å². The molecule has 0 saturated carbocycles. The minimum Gasteiger partial charge on any atom is -0.333 e. The van der Waals surface area contributed by atoms with E-state index < -0.39 is 0 Å². The maximum atomic E-state index is 12.9. The number of carbonyl (C=O) groups is 1. The first kappa shape index (κ1) is 14.7. The number of aromatic nitrogens is 4. The summed E-state index contributed by atoms with van der Waals surface area (Å²) in [6, 6.07) is 7.38. The Kier molecular flexibility index (Phi) is 3.28. The SMILES string of the molecule is CC1c2ccc(C#N)n2CCN1C(=O)c1cc2ncc(Cl)cn2n1. The molecule has 0 radical (unpaired) electrons. The molecule has 4 heterocycles. The fourth-order valence-electron chi connectivity index (χ4n) is 3.14. The number of hydrogen-bond donors (Lipinski definition) is 0. The lowest BCUT2D eigenvalue weighted by Gasteiger charge is -2.34. The number of fused-ring (bicyclic) bond motifs is 2. The highest BCUT2D eigenvalue weighted by atomic mass is 35.5. The van der Waals surface area contributed by atoms with Crippen molar-refractivity contribution in [2.45, 2.75) is 19.5 Å². The van der Waals surface area contributed by atoms with Crippen molar-refractivity contribution in [1.29, 1.82) is 5.26 Å². The van der Waals surface area contributed by atoms with Crippen molar-refractivity contribution < 1.29 is 4.79 Å². The number of nitriles is 1. The molecular formula is C16H13ClN6O. The van der Waals surface area contributed by atoms with E-state index in [1.807, 2.05) is 17.6 Å². The fourth-order valence-corrected chi connectivity index (χ4v) is 3.28. The van der Waals surface area contributed by atoms with Crippen LogP contribution in [0.3, 0.4) is 0 Å². The topological polar surface area (TPSA) is 79.2 Å². The number of nitrogens with zero attached hydrogens (tertiary/aromatic N) is 6. The van der Waals surface area contributed by atoms with Gasteiger partial charge >= 0.3 is 0 Å². The Morgan fingerprint density at radius 3 is 3.04 bits per heavy atom. The van der Waals surface area contributed by atoms with E-state index in [2.05, 4.69) is 16.2 Å². The number of amides is 1. The van der Waals surface area contributed by atoms with Gasteiger partial charge in [-0.2, -0.15) is 10.4 Å². The Morgan fingerprint density at radius 2 is 2.25 bits per heavy atom. The van der Waals surface area contributed by atoms with Crippen LogP contribution in [0.15, 0.2) is 30.6 Å². The molecule has 0 spiro atoms. The van der Waals surface area contributed by atoms with E-state index in [9.17, 15) is 4.79 Å². The largest absolute Gasteiger partial charge is 0.333 e. The highest BCUT2D eigenvalue weighted by molar-refractivity contribution is 6.30. The van der Waals surface area contributed by atoms with Crippen LogP contribution in [-0.4, -0.2) is 36.5 Å². The maximum Gasteiger partial charge on any atom is 0.275 e. The molecule has 7 nitrogen and oxygen atoms in total. The maximum absolute atomic E-state index is 12.9. The van der Waals surface area contributed by atoms with E-state index in [0.29, 0.717) is 35.1 Å². The lowest BCUT2D eigenvalue weighted by molar-refractivity contribution is 0.0637. The summed E-state index contributed by atoms with van der Waals surface area (Å²) >= 11 is 5.90. The lowest BCUT2D eigenvalue weighted by Crippen LogP contribution is -2.41. The molecule has 0 aromatic carbocycles. The zero-order valence-electron chi connectivity index (χ0n) is 12.8. The van der Waals surface area contributed by atoms with E-state index in [1.54, 1.807) is 23.2 Å². The summed E-state index contributed by atoms with van der Waals surface area (Å²) in [6.45, 7) is 3.08. The molecule has 1 atom stereocenters. The highest BCUT2D eigenvalue weighted by Gasteiger charge is 2.30. The minimum atomic E-state index is -0.157. The molecule has 24 heavy (non-hydrogen) atoms. The smallest absolute Gasteiger partial charge is 0.275 e. The molecule has 0 bridgehead atoms. The van der Waals surface area contributed by atoms with Crippen molar-refractivity contribution >= 4 is 23.2 Å². The monoisotopic (exact) mass is 340 g/mol. The molecule has 0 saturated heterocycles. The molecule has 1 amide bonds. The van der Waals surface area contributed by atoms with Crippen LogP contribution >= 0.6 is 11.6 Å². The molecule has 8 heteroatoms.